The Hall–Kier alpha value is -1.59. The lowest BCUT2D eigenvalue weighted by Gasteiger charge is -2.35. The molecule has 1 aliphatic heterocycles. The number of carbonyl (C=O) groups is 1. The van der Waals surface area contributed by atoms with Crippen LogP contribution in [0.1, 0.15) is 25.3 Å². The van der Waals surface area contributed by atoms with Crippen molar-refractivity contribution in [1.82, 2.24) is 4.90 Å². The van der Waals surface area contributed by atoms with Gasteiger partial charge in [0.15, 0.2) is 5.60 Å². The Morgan fingerprint density at radius 1 is 1.32 bits per heavy atom. The van der Waals surface area contributed by atoms with E-state index < -0.39 is 11.6 Å². The number of carboxylic acid groups (broad SMARTS) is 1. The van der Waals surface area contributed by atoms with Crippen molar-refractivity contribution in [3.8, 4) is 5.75 Å². The number of nitrogens with zero attached hydrogens (tertiary/aromatic N) is 1. The van der Waals surface area contributed by atoms with Gasteiger partial charge in [-0.05, 0) is 62.9 Å². The second-order valence-corrected chi connectivity index (χ2v) is 6.35. The zero-order chi connectivity index (χ0) is 16.2. The van der Waals surface area contributed by atoms with Gasteiger partial charge in [0.25, 0.3) is 0 Å². The van der Waals surface area contributed by atoms with Crippen molar-refractivity contribution < 1.29 is 19.7 Å². The number of ether oxygens (including phenoxy) is 1. The minimum absolute atomic E-state index is 0.192. The van der Waals surface area contributed by atoms with Gasteiger partial charge in [0.05, 0.1) is 7.11 Å². The van der Waals surface area contributed by atoms with Gasteiger partial charge in [0, 0.05) is 6.54 Å². The normalized spacial score (nSPS) is 19.6. The SMILES string of the molecule is COc1ccc(CC2CCN(CC(C)(O)C(=O)O)CC2)cc1. The van der Waals surface area contributed by atoms with Crippen LogP contribution in [0, 0.1) is 5.92 Å². The van der Waals surface area contributed by atoms with Gasteiger partial charge in [-0.3, -0.25) is 4.90 Å². The van der Waals surface area contributed by atoms with Crippen LogP contribution < -0.4 is 4.74 Å². The molecule has 0 bridgehead atoms. The number of β-amino-alcohol motifs (C(OH)–C–C–N with tert-alkyl or cyclic N) is 1. The van der Waals surface area contributed by atoms with Gasteiger partial charge < -0.3 is 14.9 Å². The van der Waals surface area contributed by atoms with Crippen LogP contribution >= 0.6 is 0 Å². The molecule has 22 heavy (non-hydrogen) atoms. The van der Waals surface area contributed by atoms with Gasteiger partial charge >= 0.3 is 5.97 Å². The Morgan fingerprint density at radius 2 is 1.91 bits per heavy atom. The lowest BCUT2D eigenvalue weighted by atomic mass is 9.89. The summed E-state index contributed by atoms with van der Waals surface area (Å²) in [7, 11) is 1.66. The fraction of sp³-hybridized carbons (Fsp3) is 0.588. The highest BCUT2D eigenvalue weighted by molar-refractivity contribution is 5.76. The molecule has 1 aromatic carbocycles. The Morgan fingerprint density at radius 3 is 2.41 bits per heavy atom. The van der Waals surface area contributed by atoms with Crippen molar-refractivity contribution >= 4 is 5.97 Å². The summed E-state index contributed by atoms with van der Waals surface area (Å²) in [6.07, 6.45) is 3.09. The molecule has 0 radical (unpaired) electrons. The van der Waals surface area contributed by atoms with Gasteiger partial charge in [-0.1, -0.05) is 12.1 Å². The third-order valence-electron chi connectivity index (χ3n) is 4.38. The summed E-state index contributed by atoms with van der Waals surface area (Å²) in [5.74, 6) is 0.321. The molecule has 0 aliphatic carbocycles. The Labute approximate surface area is 131 Å². The maximum atomic E-state index is 11.0. The Bertz CT molecular complexity index is 490. The van der Waals surface area contributed by atoms with Crippen molar-refractivity contribution in [2.45, 2.75) is 31.8 Å². The van der Waals surface area contributed by atoms with Crippen LogP contribution in [0.2, 0.25) is 0 Å². The summed E-state index contributed by atoms with van der Waals surface area (Å²) < 4.78 is 5.16. The molecule has 1 fully saturated rings. The Balaban J connectivity index is 1.80. The van der Waals surface area contributed by atoms with Crippen LogP contribution in [0.15, 0.2) is 24.3 Å². The molecule has 0 saturated carbocycles. The van der Waals surface area contributed by atoms with E-state index in [4.69, 9.17) is 9.84 Å². The van der Waals surface area contributed by atoms with Gasteiger partial charge in [0.1, 0.15) is 5.75 Å². The lowest BCUT2D eigenvalue weighted by Crippen LogP contribution is -2.49. The van der Waals surface area contributed by atoms with Crippen LogP contribution in [-0.2, 0) is 11.2 Å². The monoisotopic (exact) mass is 307 g/mol. The molecule has 1 aromatic rings. The van der Waals surface area contributed by atoms with Gasteiger partial charge in [0.2, 0.25) is 0 Å². The van der Waals surface area contributed by atoms with E-state index in [9.17, 15) is 9.90 Å². The zero-order valence-corrected chi connectivity index (χ0v) is 13.3. The van der Waals surface area contributed by atoms with Crippen LogP contribution in [0.5, 0.6) is 5.75 Å². The first kappa shape index (κ1) is 16.8. The third-order valence-corrected chi connectivity index (χ3v) is 4.38. The average molecular weight is 307 g/mol. The fourth-order valence-electron chi connectivity index (χ4n) is 2.95. The first-order chi connectivity index (χ1) is 10.4. The van der Waals surface area contributed by atoms with E-state index in [2.05, 4.69) is 12.1 Å². The van der Waals surface area contributed by atoms with Crippen LogP contribution in [0.25, 0.3) is 0 Å². The smallest absolute Gasteiger partial charge is 0.336 e. The minimum Gasteiger partial charge on any atom is -0.497 e. The highest BCUT2D eigenvalue weighted by Crippen LogP contribution is 2.24. The summed E-state index contributed by atoms with van der Waals surface area (Å²) in [5.41, 5.74) is -0.361. The van der Waals surface area contributed by atoms with Gasteiger partial charge in [-0.2, -0.15) is 0 Å². The number of hydrogen-bond acceptors (Lipinski definition) is 4. The predicted molar refractivity (Wildman–Crippen MR) is 84.1 cm³/mol. The quantitative estimate of drug-likeness (QED) is 0.838. The summed E-state index contributed by atoms with van der Waals surface area (Å²) in [4.78, 5) is 13.0. The number of aliphatic hydroxyl groups is 1. The topological polar surface area (TPSA) is 70.0 Å². The number of methoxy groups -OCH3 is 1. The molecule has 1 atom stereocenters. The van der Waals surface area contributed by atoms with E-state index in [1.165, 1.54) is 12.5 Å². The molecule has 1 heterocycles. The number of rotatable bonds is 6. The lowest BCUT2D eigenvalue weighted by molar-refractivity contribution is -0.158. The second-order valence-electron chi connectivity index (χ2n) is 6.35. The standard InChI is InChI=1S/C17H25NO4/c1-17(21,16(19)20)12-18-9-7-14(8-10-18)11-13-3-5-15(22-2)6-4-13/h3-6,14,21H,7-12H2,1-2H3,(H,19,20). The third kappa shape index (κ3) is 4.45. The molecular formula is C17H25NO4. The fourth-order valence-corrected chi connectivity index (χ4v) is 2.95. The molecule has 1 saturated heterocycles. The first-order valence-corrected chi connectivity index (χ1v) is 7.72. The molecule has 2 N–H and O–H groups in total. The van der Waals surface area contributed by atoms with Gasteiger partial charge in [-0.15, -0.1) is 0 Å². The minimum atomic E-state index is -1.66. The highest BCUT2D eigenvalue weighted by Gasteiger charge is 2.33. The molecule has 5 heteroatoms. The van der Waals surface area contributed by atoms with E-state index in [0.717, 1.165) is 38.1 Å². The van der Waals surface area contributed by atoms with Crippen molar-refractivity contribution in [2.24, 2.45) is 5.92 Å². The maximum absolute atomic E-state index is 11.0. The molecule has 0 spiro atoms. The molecule has 0 aromatic heterocycles. The van der Waals surface area contributed by atoms with Crippen LogP contribution in [-0.4, -0.2) is 53.4 Å². The number of aliphatic carboxylic acids is 1. The van der Waals surface area contributed by atoms with E-state index in [1.54, 1.807) is 7.11 Å². The van der Waals surface area contributed by atoms with Crippen molar-refractivity contribution in [3.05, 3.63) is 29.8 Å². The summed E-state index contributed by atoms with van der Waals surface area (Å²) in [6.45, 7) is 3.23. The molecule has 1 aliphatic rings. The Kier molecular flexibility index (Phi) is 5.42. The molecule has 1 unspecified atom stereocenters. The average Bonchev–Trinajstić information content (AvgIpc) is 2.49. The van der Waals surface area contributed by atoms with E-state index in [-0.39, 0.29) is 6.54 Å². The summed E-state index contributed by atoms with van der Waals surface area (Å²) in [5, 5.41) is 18.8. The maximum Gasteiger partial charge on any atom is 0.336 e. The van der Waals surface area contributed by atoms with Crippen molar-refractivity contribution in [2.75, 3.05) is 26.7 Å². The number of benzene rings is 1. The van der Waals surface area contributed by atoms with Crippen molar-refractivity contribution in [1.29, 1.82) is 0 Å². The van der Waals surface area contributed by atoms with E-state index in [1.807, 2.05) is 17.0 Å². The number of hydrogen-bond donors (Lipinski definition) is 2. The number of likely N-dealkylation sites (tertiary alicyclic amines) is 1. The molecule has 5 nitrogen and oxygen atoms in total. The van der Waals surface area contributed by atoms with Gasteiger partial charge in [-0.25, -0.2) is 4.79 Å². The number of piperidine rings is 1. The molecule has 122 valence electrons. The van der Waals surface area contributed by atoms with E-state index >= 15 is 0 Å². The highest BCUT2D eigenvalue weighted by atomic mass is 16.5. The zero-order valence-electron chi connectivity index (χ0n) is 13.3. The summed E-state index contributed by atoms with van der Waals surface area (Å²) >= 11 is 0. The number of carboxylic acids is 1. The molecular weight excluding hydrogens is 282 g/mol. The van der Waals surface area contributed by atoms with E-state index in [0.29, 0.717) is 5.92 Å². The van der Waals surface area contributed by atoms with Crippen LogP contribution in [0.4, 0.5) is 0 Å². The van der Waals surface area contributed by atoms with Crippen LogP contribution in [0.3, 0.4) is 0 Å². The van der Waals surface area contributed by atoms with Crippen molar-refractivity contribution in [3.63, 3.8) is 0 Å². The summed E-state index contributed by atoms with van der Waals surface area (Å²) in [6, 6.07) is 8.16. The first-order valence-electron chi connectivity index (χ1n) is 7.72. The molecule has 0 amide bonds. The predicted octanol–water partition coefficient (Wildman–Crippen LogP) is 1.79. The largest absolute Gasteiger partial charge is 0.497 e. The second kappa shape index (κ2) is 7.11. The molecule has 2 rings (SSSR count).